The summed E-state index contributed by atoms with van der Waals surface area (Å²) in [5.41, 5.74) is 0. The number of halogens is 1. The van der Waals surface area contributed by atoms with Gasteiger partial charge < -0.3 is 5.32 Å². The van der Waals surface area contributed by atoms with E-state index in [1.165, 1.54) is 0 Å². The van der Waals surface area contributed by atoms with Crippen LogP contribution in [0.1, 0.15) is 26.2 Å². The zero-order valence-electron chi connectivity index (χ0n) is 10.3. The maximum absolute atomic E-state index is 12.3. The molecule has 0 unspecified atom stereocenters. The number of piperidine rings is 1. The third-order valence-electron chi connectivity index (χ3n) is 3.30. The first-order valence-corrected chi connectivity index (χ1v) is 7.49. The smallest absolute Gasteiger partial charge is 0.282 e. The van der Waals surface area contributed by atoms with Gasteiger partial charge in [0.1, 0.15) is 0 Å². The van der Waals surface area contributed by atoms with Crippen molar-refractivity contribution >= 4 is 22.6 Å². The molecular weight excluding hydrogens is 262 g/mol. The summed E-state index contributed by atoms with van der Waals surface area (Å²) in [6.45, 7) is 5.37. The first-order valence-electron chi connectivity index (χ1n) is 6.09. The molecule has 102 valence electrons. The lowest BCUT2D eigenvalue weighted by Crippen LogP contribution is -2.55. The van der Waals surface area contributed by atoms with Gasteiger partial charge in [0.25, 0.3) is 10.2 Å². The van der Waals surface area contributed by atoms with Gasteiger partial charge in [-0.1, -0.05) is 6.42 Å². The molecule has 2 saturated heterocycles. The average molecular weight is 284 g/mol. The Morgan fingerprint density at radius 1 is 1.06 bits per heavy atom. The fraction of sp³-hybridized carbons (Fsp3) is 1.00. The van der Waals surface area contributed by atoms with Crippen LogP contribution in [0.3, 0.4) is 0 Å². The summed E-state index contributed by atoms with van der Waals surface area (Å²) in [5.74, 6) is 0. The van der Waals surface area contributed by atoms with Gasteiger partial charge in [0.2, 0.25) is 0 Å². The number of rotatable bonds is 2. The van der Waals surface area contributed by atoms with Gasteiger partial charge in [0.15, 0.2) is 0 Å². The second-order valence-electron chi connectivity index (χ2n) is 4.68. The average Bonchev–Trinajstić information content (AvgIpc) is 2.30. The minimum Gasteiger partial charge on any atom is -0.312 e. The molecule has 17 heavy (non-hydrogen) atoms. The fourth-order valence-corrected chi connectivity index (χ4v) is 4.15. The zero-order chi connectivity index (χ0) is 11.6. The van der Waals surface area contributed by atoms with Gasteiger partial charge in [0.05, 0.1) is 0 Å². The molecule has 0 amide bonds. The van der Waals surface area contributed by atoms with Crippen molar-refractivity contribution in [2.45, 2.75) is 32.2 Å². The molecule has 1 atom stereocenters. The van der Waals surface area contributed by atoms with Crippen molar-refractivity contribution in [3.63, 3.8) is 0 Å². The Hall–Kier alpha value is 0.120. The van der Waals surface area contributed by atoms with Crippen molar-refractivity contribution in [1.29, 1.82) is 0 Å². The molecule has 2 aliphatic heterocycles. The van der Waals surface area contributed by atoms with Gasteiger partial charge in [-0.2, -0.15) is 17.0 Å². The van der Waals surface area contributed by atoms with E-state index >= 15 is 0 Å². The minimum atomic E-state index is -3.19. The zero-order valence-corrected chi connectivity index (χ0v) is 11.9. The van der Waals surface area contributed by atoms with E-state index in [1.807, 2.05) is 6.92 Å². The van der Waals surface area contributed by atoms with Crippen molar-refractivity contribution in [2.24, 2.45) is 0 Å². The topological polar surface area (TPSA) is 52.7 Å². The van der Waals surface area contributed by atoms with E-state index in [2.05, 4.69) is 5.32 Å². The molecule has 2 fully saturated rings. The Kier molecular flexibility index (Phi) is 5.66. The summed E-state index contributed by atoms with van der Waals surface area (Å²) in [4.78, 5) is 0. The van der Waals surface area contributed by atoms with Crippen LogP contribution in [-0.4, -0.2) is 55.8 Å². The molecule has 0 saturated carbocycles. The number of piperazine rings is 1. The van der Waals surface area contributed by atoms with Crippen LogP contribution in [-0.2, 0) is 10.2 Å². The molecule has 0 radical (unpaired) electrons. The molecule has 5 nitrogen and oxygen atoms in total. The molecule has 0 aromatic carbocycles. The lowest BCUT2D eigenvalue weighted by molar-refractivity contribution is 0.266. The molecule has 0 bridgehead atoms. The summed E-state index contributed by atoms with van der Waals surface area (Å²) in [6.07, 6.45) is 3.16. The standard InChI is InChI=1S/C10H21N3O2S.ClH/c1-10-9-13(8-5-11-10)16(14,15)12-6-3-2-4-7-12;/h10-11H,2-9H2,1H3;1H/t10-;/m0./s1. The minimum absolute atomic E-state index is 0. The molecule has 0 aliphatic carbocycles. The number of hydrogen-bond acceptors (Lipinski definition) is 3. The third kappa shape index (κ3) is 3.54. The summed E-state index contributed by atoms with van der Waals surface area (Å²) in [6, 6.07) is 0.258. The van der Waals surface area contributed by atoms with E-state index in [0.29, 0.717) is 26.2 Å². The van der Waals surface area contributed by atoms with Gasteiger partial charge in [-0.05, 0) is 19.8 Å². The Bertz CT molecular complexity index is 330. The maximum Gasteiger partial charge on any atom is 0.282 e. The van der Waals surface area contributed by atoms with E-state index < -0.39 is 10.2 Å². The van der Waals surface area contributed by atoms with E-state index in [-0.39, 0.29) is 18.4 Å². The molecule has 0 aromatic rings. The summed E-state index contributed by atoms with van der Waals surface area (Å²) in [7, 11) is -3.19. The summed E-state index contributed by atoms with van der Waals surface area (Å²) < 4.78 is 27.9. The van der Waals surface area contributed by atoms with Crippen LogP contribution in [0.4, 0.5) is 0 Å². The van der Waals surface area contributed by atoms with Gasteiger partial charge >= 0.3 is 0 Å². The van der Waals surface area contributed by atoms with Gasteiger partial charge in [-0.3, -0.25) is 0 Å². The Morgan fingerprint density at radius 2 is 1.71 bits per heavy atom. The monoisotopic (exact) mass is 283 g/mol. The first-order chi connectivity index (χ1) is 7.60. The Morgan fingerprint density at radius 3 is 2.29 bits per heavy atom. The summed E-state index contributed by atoms with van der Waals surface area (Å²) >= 11 is 0. The molecule has 1 N–H and O–H groups in total. The highest BCUT2D eigenvalue weighted by Crippen LogP contribution is 2.17. The van der Waals surface area contributed by atoms with Crippen molar-refractivity contribution in [3.05, 3.63) is 0 Å². The lowest BCUT2D eigenvalue weighted by atomic mass is 10.2. The third-order valence-corrected chi connectivity index (χ3v) is 5.30. The second-order valence-corrected chi connectivity index (χ2v) is 6.61. The molecular formula is C10H22ClN3O2S. The fourth-order valence-electron chi connectivity index (χ4n) is 2.37. The van der Waals surface area contributed by atoms with Crippen LogP contribution < -0.4 is 5.32 Å². The second kappa shape index (κ2) is 6.33. The van der Waals surface area contributed by atoms with Crippen molar-refractivity contribution in [1.82, 2.24) is 13.9 Å². The quantitative estimate of drug-likeness (QED) is 0.800. The van der Waals surface area contributed by atoms with Crippen LogP contribution in [0.2, 0.25) is 0 Å². The SMILES string of the molecule is C[C@H]1CN(S(=O)(=O)N2CCCCC2)CCN1.Cl. The number of nitrogens with zero attached hydrogens (tertiary/aromatic N) is 2. The van der Waals surface area contributed by atoms with Crippen LogP contribution in [0.25, 0.3) is 0 Å². The Balaban J connectivity index is 0.00000144. The number of hydrogen-bond donors (Lipinski definition) is 1. The molecule has 0 aromatic heterocycles. The highest BCUT2D eigenvalue weighted by Gasteiger charge is 2.32. The maximum atomic E-state index is 12.3. The lowest BCUT2D eigenvalue weighted by Gasteiger charge is -2.36. The van der Waals surface area contributed by atoms with Crippen LogP contribution in [0.15, 0.2) is 0 Å². The normalized spacial score (nSPS) is 28.6. The van der Waals surface area contributed by atoms with Crippen molar-refractivity contribution < 1.29 is 8.42 Å². The first kappa shape index (κ1) is 15.2. The number of nitrogens with one attached hydrogen (secondary N) is 1. The van der Waals surface area contributed by atoms with Gasteiger partial charge in [0, 0.05) is 38.8 Å². The largest absolute Gasteiger partial charge is 0.312 e. The highest BCUT2D eigenvalue weighted by atomic mass is 35.5. The van der Waals surface area contributed by atoms with E-state index in [9.17, 15) is 8.42 Å². The van der Waals surface area contributed by atoms with Crippen molar-refractivity contribution in [2.75, 3.05) is 32.7 Å². The summed E-state index contributed by atoms with van der Waals surface area (Å²) in [5, 5.41) is 3.26. The molecule has 2 rings (SSSR count). The van der Waals surface area contributed by atoms with Gasteiger partial charge in [-0.25, -0.2) is 0 Å². The van der Waals surface area contributed by atoms with E-state index in [1.54, 1.807) is 8.61 Å². The molecule has 2 aliphatic rings. The predicted molar refractivity (Wildman–Crippen MR) is 70.6 cm³/mol. The van der Waals surface area contributed by atoms with E-state index in [0.717, 1.165) is 25.8 Å². The van der Waals surface area contributed by atoms with E-state index in [4.69, 9.17) is 0 Å². The van der Waals surface area contributed by atoms with Gasteiger partial charge in [-0.15, -0.1) is 12.4 Å². The van der Waals surface area contributed by atoms with Crippen LogP contribution >= 0.6 is 12.4 Å². The Labute approximate surface area is 110 Å². The molecule has 2 heterocycles. The molecule has 0 spiro atoms. The van der Waals surface area contributed by atoms with Crippen molar-refractivity contribution in [3.8, 4) is 0 Å². The van der Waals surface area contributed by atoms with Crippen LogP contribution in [0.5, 0.6) is 0 Å². The molecule has 7 heteroatoms. The highest BCUT2D eigenvalue weighted by molar-refractivity contribution is 7.86. The van der Waals surface area contributed by atoms with Crippen LogP contribution in [0, 0.1) is 0 Å². The predicted octanol–water partition coefficient (Wildman–Crippen LogP) is 0.433.